The van der Waals surface area contributed by atoms with Crippen LogP contribution in [0.2, 0.25) is 5.02 Å². The Hall–Kier alpha value is -1.97. The van der Waals surface area contributed by atoms with Gasteiger partial charge in [0, 0.05) is 18.7 Å². The van der Waals surface area contributed by atoms with Gasteiger partial charge in [-0.25, -0.2) is 13.4 Å². The molecule has 1 aliphatic heterocycles. The minimum Gasteiger partial charge on any atom is -0.340 e. The molecular formula is C17H18ClN3O4S2. The Morgan fingerprint density at radius 2 is 1.93 bits per heavy atom. The lowest BCUT2D eigenvalue weighted by Crippen LogP contribution is -2.51. The molecule has 0 bridgehead atoms. The largest absolute Gasteiger partial charge is 0.340 e. The molecule has 2 heterocycles. The molecule has 2 aromatic rings. The average Bonchev–Trinajstić information content (AvgIpc) is 3.11. The van der Waals surface area contributed by atoms with Gasteiger partial charge in [-0.2, -0.15) is 0 Å². The van der Waals surface area contributed by atoms with E-state index in [0.29, 0.717) is 14.9 Å². The fraction of sp³-hybridized carbons (Fsp3) is 0.353. The summed E-state index contributed by atoms with van der Waals surface area (Å²) in [5, 5.41) is 3.81. The summed E-state index contributed by atoms with van der Waals surface area (Å²) < 4.78 is 22.9. The van der Waals surface area contributed by atoms with Crippen molar-refractivity contribution in [3.63, 3.8) is 0 Å². The first kappa shape index (κ1) is 19.8. The van der Waals surface area contributed by atoms with Crippen LogP contribution in [0.4, 0.5) is 0 Å². The lowest BCUT2D eigenvalue weighted by Gasteiger charge is -2.29. The number of hydrogen-bond donors (Lipinski definition) is 1. The van der Waals surface area contributed by atoms with E-state index >= 15 is 0 Å². The molecule has 2 amide bonds. The summed E-state index contributed by atoms with van der Waals surface area (Å²) >= 11 is 7.34. The Balaban J connectivity index is 1.64. The van der Waals surface area contributed by atoms with Crippen molar-refractivity contribution in [2.45, 2.75) is 13.0 Å². The molecular weight excluding hydrogens is 410 g/mol. The van der Waals surface area contributed by atoms with Crippen LogP contribution in [0.1, 0.15) is 16.6 Å². The molecule has 0 aliphatic carbocycles. The predicted molar refractivity (Wildman–Crippen MR) is 105 cm³/mol. The van der Waals surface area contributed by atoms with Crippen LogP contribution in [-0.4, -0.2) is 60.8 Å². The minimum absolute atomic E-state index is 0.0462. The van der Waals surface area contributed by atoms with Gasteiger partial charge in [-0.3, -0.25) is 9.59 Å². The van der Waals surface area contributed by atoms with E-state index in [2.05, 4.69) is 10.3 Å². The second kappa shape index (κ2) is 7.95. The van der Waals surface area contributed by atoms with Gasteiger partial charge in [-0.1, -0.05) is 29.8 Å². The van der Waals surface area contributed by atoms with Gasteiger partial charge < -0.3 is 10.2 Å². The number of halogens is 1. The summed E-state index contributed by atoms with van der Waals surface area (Å²) in [6, 6.07) is 6.45. The van der Waals surface area contributed by atoms with Gasteiger partial charge in [0.1, 0.15) is 15.9 Å². The summed E-state index contributed by atoms with van der Waals surface area (Å²) in [5.74, 6) is -0.796. The van der Waals surface area contributed by atoms with E-state index in [-0.39, 0.29) is 30.5 Å². The molecule has 1 fully saturated rings. The second-order valence-electron chi connectivity index (χ2n) is 6.18. The van der Waals surface area contributed by atoms with Crippen molar-refractivity contribution in [1.29, 1.82) is 0 Å². The number of hydrogen-bond acceptors (Lipinski definition) is 6. The van der Waals surface area contributed by atoms with Crippen LogP contribution in [0.15, 0.2) is 30.5 Å². The van der Waals surface area contributed by atoms with Crippen molar-refractivity contribution in [1.82, 2.24) is 15.2 Å². The zero-order chi connectivity index (χ0) is 19.6. The standard InChI is InChI=1S/C17H18ClN3O4S2/c1-11(17(23)21-6-8-27(24,25)9-7-21)20-15(22)14-10-19-16(26-14)12-4-2-3-5-13(12)18/h2-5,10-11H,6-9H2,1H3,(H,20,22). The number of benzene rings is 1. The average molecular weight is 428 g/mol. The van der Waals surface area contributed by atoms with Gasteiger partial charge in [0.05, 0.1) is 22.7 Å². The first-order valence-corrected chi connectivity index (χ1v) is 11.3. The van der Waals surface area contributed by atoms with E-state index in [1.807, 2.05) is 18.2 Å². The molecule has 1 unspecified atom stereocenters. The van der Waals surface area contributed by atoms with Gasteiger partial charge in [-0.05, 0) is 13.0 Å². The number of nitrogens with one attached hydrogen (secondary N) is 1. The van der Waals surface area contributed by atoms with Crippen LogP contribution in [0.5, 0.6) is 0 Å². The monoisotopic (exact) mass is 427 g/mol. The van der Waals surface area contributed by atoms with Crippen LogP contribution >= 0.6 is 22.9 Å². The fourth-order valence-electron chi connectivity index (χ4n) is 2.67. The Morgan fingerprint density at radius 1 is 1.26 bits per heavy atom. The zero-order valence-electron chi connectivity index (χ0n) is 14.5. The van der Waals surface area contributed by atoms with Gasteiger partial charge in [0.2, 0.25) is 5.91 Å². The van der Waals surface area contributed by atoms with Crippen molar-refractivity contribution in [3.8, 4) is 10.6 Å². The Morgan fingerprint density at radius 3 is 2.59 bits per heavy atom. The lowest BCUT2D eigenvalue weighted by atomic mass is 10.2. The number of carbonyl (C=O) groups excluding carboxylic acids is 2. The van der Waals surface area contributed by atoms with Crippen molar-refractivity contribution in [3.05, 3.63) is 40.4 Å². The highest BCUT2D eigenvalue weighted by Gasteiger charge is 2.29. The number of amides is 2. The summed E-state index contributed by atoms with van der Waals surface area (Å²) in [4.78, 5) is 30.9. The van der Waals surface area contributed by atoms with E-state index in [4.69, 9.17) is 11.6 Å². The molecule has 144 valence electrons. The fourth-order valence-corrected chi connectivity index (χ4v) is 5.02. The molecule has 1 atom stereocenters. The molecule has 27 heavy (non-hydrogen) atoms. The van der Waals surface area contributed by atoms with Crippen LogP contribution in [-0.2, 0) is 14.6 Å². The quantitative estimate of drug-likeness (QED) is 0.803. The number of sulfone groups is 1. The zero-order valence-corrected chi connectivity index (χ0v) is 16.9. The van der Waals surface area contributed by atoms with Gasteiger partial charge >= 0.3 is 0 Å². The lowest BCUT2D eigenvalue weighted by molar-refractivity contribution is -0.132. The van der Waals surface area contributed by atoms with Crippen LogP contribution < -0.4 is 5.32 Å². The topological polar surface area (TPSA) is 96.4 Å². The Bertz CT molecular complexity index is 960. The smallest absolute Gasteiger partial charge is 0.263 e. The molecule has 1 aromatic carbocycles. The van der Waals surface area contributed by atoms with Gasteiger partial charge in [0.15, 0.2) is 9.84 Å². The minimum atomic E-state index is -3.07. The molecule has 1 saturated heterocycles. The molecule has 0 radical (unpaired) electrons. The Kier molecular flexibility index (Phi) is 5.83. The number of thiazole rings is 1. The van der Waals surface area contributed by atoms with Crippen molar-refractivity contribution < 1.29 is 18.0 Å². The highest BCUT2D eigenvalue weighted by atomic mass is 35.5. The summed E-state index contributed by atoms with van der Waals surface area (Å²) in [7, 11) is -3.07. The maximum absolute atomic E-state index is 12.4. The SMILES string of the molecule is CC(NC(=O)c1cnc(-c2ccccc2Cl)s1)C(=O)N1CCS(=O)(=O)CC1. The summed E-state index contributed by atoms with van der Waals surface area (Å²) in [6.45, 7) is 1.89. The van der Waals surface area contributed by atoms with Crippen molar-refractivity contribution >= 4 is 44.6 Å². The van der Waals surface area contributed by atoms with E-state index < -0.39 is 21.8 Å². The van der Waals surface area contributed by atoms with E-state index in [1.165, 1.54) is 22.4 Å². The Labute approximate surface area is 166 Å². The third-order valence-corrected chi connectivity index (χ3v) is 7.18. The van der Waals surface area contributed by atoms with Gasteiger partial charge in [0.25, 0.3) is 5.91 Å². The summed E-state index contributed by atoms with van der Waals surface area (Å²) in [5.41, 5.74) is 0.738. The van der Waals surface area contributed by atoms with E-state index in [1.54, 1.807) is 13.0 Å². The molecule has 10 heteroatoms. The van der Waals surface area contributed by atoms with Crippen LogP contribution in [0.3, 0.4) is 0 Å². The van der Waals surface area contributed by atoms with Crippen LogP contribution in [0.25, 0.3) is 10.6 Å². The highest BCUT2D eigenvalue weighted by Crippen LogP contribution is 2.30. The molecule has 7 nitrogen and oxygen atoms in total. The van der Waals surface area contributed by atoms with Crippen molar-refractivity contribution in [2.75, 3.05) is 24.6 Å². The number of carbonyl (C=O) groups is 2. The number of aromatic nitrogens is 1. The maximum Gasteiger partial charge on any atom is 0.263 e. The van der Waals surface area contributed by atoms with E-state index in [9.17, 15) is 18.0 Å². The molecule has 0 spiro atoms. The third-order valence-electron chi connectivity index (χ3n) is 4.21. The first-order chi connectivity index (χ1) is 12.8. The van der Waals surface area contributed by atoms with Crippen molar-refractivity contribution in [2.24, 2.45) is 0 Å². The van der Waals surface area contributed by atoms with Gasteiger partial charge in [-0.15, -0.1) is 11.3 Å². The summed E-state index contributed by atoms with van der Waals surface area (Å²) in [6.07, 6.45) is 1.45. The number of nitrogens with zero attached hydrogens (tertiary/aromatic N) is 2. The molecule has 1 N–H and O–H groups in total. The first-order valence-electron chi connectivity index (χ1n) is 8.27. The molecule has 3 rings (SSSR count). The van der Waals surface area contributed by atoms with Crippen LogP contribution in [0, 0.1) is 0 Å². The predicted octanol–water partition coefficient (Wildman–Crippen LogP) is 1.84. The third kappa shape index (κ3) is 4.66. The second-order valence-corrected chi connectivity index (χ2v) is 9.92. The molecule has 1 aromatic heterocycles. The maximum atomic E-state index is 12.4. The molecule has 0 saturated carbocycles. The molecule has 1 aliphatic rings. The normalized spacial score (nSPS) is 17.3. The van der Waals surface area contributed by atoms with E-state index in [0.717, 1.165) is 5.56 Å². The highest BCUT2D eigenvalue weighted by molar-refractivity contribution is 7.91. The number of rotatable bonds is 4.